The fourth-order valence-corrected chi connectivity index (χ4v) is 4.59. The number of fused-ring (bicyclic) bond motifs is 1. The van der Waals surface area contributed by atoms with Gasteiger partial charge in [0, 0.05) is 24.5 Å². The number of aryl methyl sites for hydroxylation is 4. The number of hydrogen-bond acceptors (Lipinski definition) is 3. The molecule has 0 bridgehead atoms. The van der Waals surface area contributed by atoms with Crippen LogP contribution < -0.4 is 10.1 Å². The van der Waals surface area contributed by atoms with Gasteiger partial charge in [-0.15, -0.1) is 0 Å². The highest BCUT2D eigenvalue weighted by atomic mass is 35.5. The van der Waals surface area contributed by atoms with Crippen LogP contribution in [0.4, 0.5) is 0 Å². The SMILES string of the molecule is Cc1cccc(C)c1OCCCCn1c(CCCNC(=O)Cc2ccc(Cl)cc2)nc2ccccc21. The molecule has 0 atom stereocenters. The summed E-state index contributed by atoms with van der Waals surface area (Å²) in [5, 5.41) is 3.71. The topological polar surface area (TPSA) is 56.1 Å². The fourth-order valence-electron chi connectivity index (χ4n) is 4.46. The van der Waals surface area contributed by atoms with Crippen LogP contribution in [0.25, 0.3) is 11.0 Å². The van der Waals surface area contributed by atoms with Crippen molar-refractivity contribution in [1.82, 2.24) is 14.9 Å². The van der Waals surface area contributed by atoms with Gasteiger partial charge >= 0.3 is 0 Å². The quantitative estimate of drug-likeness (QED) is 0.226. The van der Waals surface area contributed by atoms with Gasteiger partial charge in [-0.25, -0.2) is 4.98 Å². The monoisotopic (exact) mass is 503 g/mol. The molecule has 188 valence electrons. The Morgan fingerprint density at radius 2 is 1.69 bits per heavy atom. The Balaban J connectivity index is 1.27. The Morgan fingerprint density at radius 1 is 0.944 bits per heavy atom. The average molecular weight is 504 g/mol. The number of amides is 1. The minimum atomic E-state index is 0.0229. The van der Waals surface area contributed by atoms with E-state index < -0.39 is 0 Å². The highest BCUT2D eigenvalue weighted by molar-refractivity contribution is 6.30. The molecule has 4 aromatic rings. The molecule has 0 radical (unpaired) electrons. The molecular weight excluding hydrogens is 470 g/mol. The van der Waals surface area contributed by atoms with Crippen LogP contribution >= 0.6 is 11.6 Å². The van der Waals surface area contributed by atoms with E-state index in [9.17, 15) is 4.79 Å². The number of aromatic nitrogens is 2. The van der Waals surface area contributed by atoms with Crippen molar-refractivity contribution >= 4 is 28.5 Å². The van der Waals surface area contributed by atoms with Gasteiger partial charge < -0.3 is 14.6 Å². The number of rotatable bonds is 12. The number of unbranched alkanes of at least 4 members (excludes halogenated alkanes) is 1. The molecule has 0 fully saturated rings. The van der Waals surface area contributed by atoms with Crippen molar-refractivity contribution in [3.8, 4) is 5.75 Å². The number of carbonyl (C=O) groups is 1. The molecule has 6 heteroatoms. The lowest BCUT2D eigenvalue weighted by Crippen LogP contribution is -2.26. The Hall–Kier alpha value is -3.31. The number of nitrogens with zero attached hydrogens (tertiary/aromatic N) is 2. The van der Waals surface area contributed by atoms with Crippen LogP contribution in [-0.4, -0.2) is 28.6 Å². The third-order valence-electron chi connectivity index (χ3n) is 6.34. The minimum absolute atomic E-state index is 0.0229. The number of imidazole rings is 1. The van der Waals surface area contributed by atoms with Crippen LogP contribution in [0.3, 0.4) is 0 Å². The molecule has 1 N–H and O–H groups in total. The van der Waals surface area contributed by atoms with E-state index in [-0.39, 0.29) is 5.91 Å². The maximum absolute atomic E-state index is 12.3. The maximum Gasteiger partial charge on any atom is 0.224 e. The Kier molecular flexibility index (Phi) is 9.01. The second-order valence-corrected chi connectivity index (χ2v) is 9.64. The van der Waals surface area contributed by atoms with Crippen LogP contribution in [0, 0.1) is 13.8 Å². The van der Waals surface area contributed by atoms with Crippen molar-refractivity contribution in [3.05, 3.63) is 94.3 Å². The van der Waals surface area contributed by atoms with Gasteiger partial charge in [0.25, 0.3) is 0 Å². The second-order valence-electron chi connectivity index (χ2n) is 9.20. The van der Waals surface area contributed by atoms with E-state index in [4.69, 9.17) is 21.3 Å². The summed E-state index contributed by atoms with van der Waals surface area (Å²) >= 11 is 5.92. The van der Waals surface area contributed by atoms with E-state index in [0.29, 0.717) is 24.6 Å². The number of halogens is 1. The first-order valence-electron chi connectivity index (χ1n) is 12.7. The Labute approximate surface area is 218 Å². The van der Waals surface area contributed by atoms with Gasteiger partial charge in [0.2, 0.25) is 5.91 Å². The smallest absolute Gasteiger partial charge is 0.224 e. The average Bonchev–Trinajstić information content (AvgIpc) is 3.22. The molecule has 3 aromatic carbocycles. The van der Waals surface area contributed by atoms with Gasteiger partial charge in [-0.2, -0.15) is 0 Å². The van der Waals surface area contributed by atoms with Crippen molar-refractivity contribution in [3.63, 3.8) is 0 Å². The highest BCUT2D eigenvalue weighted by Gasteiger charge is 2.11. The van der Waals surface area contributed by atoms with E-state index in [1.807, 2.05) is 30.3 Å². The van der Waals surface area contributed by atoms with Gasteiger partial charge in [-0.1, -0.05) is 54.1 Å². The summed E-state index contributed by atoms with van der Waals surface area (Å²) in [4.78, 5) is 17.2. The summed E-state index contributed by atoms with van der Waals surface area (Å²) in [5.74, 6) is 2.10. The van der Waals surface area contributed by atoms with Gasteiger partial charge in [-0.3, -0.25) is 4.79 Å². The van der Waals surface area contributed by atoms with E-state index in [1.54, 1.807) is 0 Å². The largest absolute Gasteiger partial charge is 0.493 e. The Bertz CT molecular complexity index is 1280. The zero-order valence-electron chi connectivity index (χ0n) is 21.1. The zero-order valence-corrected chi connectivity index (χ0v) is 21.9. The number of ether oxygens (including phenoxy) is 1. The van der Waals surface area contributed by atoms with E-state index in [2.05, 4.69) is 60.1 Å². The third-order valence-corrected chi connectivity index (χ3v) is 6.59. The number of benzene rings is 3. The minimum Gasteiger partial charge on any atom is -0.493 e. The van der Waals surface area contributed by atoms with E-state index >= 15 is 0 Å². The number of nitrogens with one attached hydrogen (secondary N) is 1. The summed E-state index contributed by atoms with van der Waals surface area (Å²) in [7, 11) is 0. The lowest BCUT2D eigenvalue weighted by molar-refractivity contribution is -0.120. The molecule has 0 saturated heterocycles. The fraction of sp³-hybridized carbons (Fsp3) is 0.333. The number of carbonyl (C=O) groups excluding carboxylic acids is 1. The molecule has 36 heavy (non-hydrogen) atoms. The Morgan fingerprint density at radius 3 is 2.47 bits per heavy atom. The molecule has 0 aliphatic rings. The van der Waals surface area contributed by atoms with Crippen LogP contribution in [0.5, 0.6) is 5.75 Å². The normalized spacial score (nSPS) is 11.1. The molecule has 1 heterocycles. The van der Waals surface area contributed by atoms with Crippen LogP contribution in [0.15, 0.2) is 66.7 Å². The molecule has 1 amide bonds. The first-order chi connectivity index (χ1) is 17.5. The molecular formula is C30H34ClN3O2. The second kappa shape index (κ2) is 12.6. The van der Waals surface area contributed by atoms with E-state index in [0.717, 1.165) is 60.4 Å². The molecule has 0 spiro atoms. The summed E-state index contributed by atoms with van der Waals surface area (Å²) < 4.78 is 8.41. The lowest BCUT2D eigenvalue weighted by atomic mass is 10.1. The van der Waals surface area contributed by atoms with Gasteiger partial charge in [0.1, 0.15) is 11.6 Å². The molecule has 0 unspecified atom stereocenters. The lowest BCUT2D eigenvalue weighted by Gasteiger charge is -2.13. The predicted molar refractivity (Wildman–Crippen MR) is 147 cm³/mol. The van der Waals surface area contributed by atoms with Crippen LogP contribution in [0.2, 0.25) is 5.02 Å². The summed E-state index contributed by atoms with van der Waals surface area (Å²) in [6.07, 6.45) is 4.00. The van der Waals surface area contributed by atoms with E-state index in [1.165, 1.54) is 11.1 Å². The number of para-hydroxylation sites is 3. The van der Waals surface area contributed by atoms with Crippen LogP contribution in [0.1, 0.15) is 41.8 Å². The summed E-state index contributed by atoms with van der Waals surface area (Å²) in [5.41, 5.74) is 5.50. The van der Waals surface area contributed by atoms with Crippen LogP contribution in [-0.2, 0) is 24.2 Å². The molecule has 4 rings (SSSR count). The molecule has 0 aliphatic carbocycles. The van der Waals surface area contributed by atoms with Crippen molar-refractivity contribution in [1.29, 1.82) is 0 Å². The molecule has 0 aliphatic heterocycles. The molecule has 0 saturated carbocycles. The summed E-state index contributed by atoms with van der Waals surface area (Å²) in [6.45, 7) is 6.40. The highest BCUT2D eigenvalue weighted by Crippen LogP contribution is 2.23. The van der Waals surface area contributed by atoms with Gasteiger partial charge in [0.15, 0.2) is 0 Å². The summed E-state index contributed by atoms with van der Waals surface area (Å²) in [6, 6.07) is 21.9. The van der Waals surface area contributed by atoms with Gasteiger partial charge in [0.05, 0.1) is 24.1 Å². The third kappa shape index (κ3) is 6.88. The van der Waals surface area contributed by atoms with Gasteiger partial charge in [-0.05, 0) is 74.1 Å². The van der Waals surface area contributed by atoms with Crippen molar-refractivity contribution in [2.45, 2.75) is 52.5 Å². The number of hydrogen-bond donors (Lipinski definition) is 1. The predicted octanol–water partition coefficient (Wildman–Crippen LogP) is 6.46. The van der Waals surface area contributed by atoms with Crippen molar-refractivity contribution < 1.29 is 9.53 Å². The molecule has 5 nitrogen and oxygen atoms in total. The first-order valence-corrected chi connectivity index (χ1v) is 13.0. The zero-order chi connectivity index (χ0) is 25.3. The van der Waals surface area contributed by atoms with Crippen molar-refractivity contribution in [2.75, 3.05) is 13.2 Å². The molecule has 1 aromatic heterocycles. The van der Waals surface area contributed by atoms with Crippen molar-refractivity contribution in [2.24, 2.45) is 0 Å². The standard InChI is InChI=1S/C30H34ClN3O2/c1-22-9-7-10-23(2)30(22)36-20-6-5-19-34-27-12-4-3-11-26(27)33-28(34)13-8-18-32-29(35)21-24-14-16-25(31)17-15-24/h3-4,7,9-12,14-17H,5-6,8,13,18-21H2,1-2H3,(H,32,35). The first kappa shape index (κ1) is 25.8. The maximum atomic E-state index is 12.3.